The lowest BCUT2D eigenvalue weighted by molar-refractivity contribution is -0.115. The number of carbonyl (C=O) groups excluding carboxylic acids is 1. The molecule has 0 aliphatic carbocycles. The van der Waals surface area contributed by atoms with Crippen molar-refractivity contribution in [1.82, 2.24) is 4.72 Å². The third kappa shape index (κ3) is 9.60. The highest BCUT2D eigenvalue weighted by molar-refractivity contribution is 8.19. The molecule has 0 spiro atoms. The number of Topliss-reactive ketones (excluding diaryl/α,β-unsaturated/α-hetero) is 1. The van der Waals surface area contributed by atoms with Crippen molar-refractivity contribution in [3.63, 3.8) is 0 Å². The fourth-order valence-electron chi connectivity index (χ4n) is 3.33. The van der Waals surface area contributed by atoms with E-state index in [9.17, 15) is 13.2 Å². The van der Waals surface area contributed by atoms with Gasteiger partial charge in [-0.05, 0) is 61.3 Å². The van der Waals surface area contributed by atoms with Crippen molar-refractivity contribution >= 4 is 33.3 Å². The van der Waals surface area contributed by atoms with Crippen LogP contribution in [0, 0.1) is 12.8 Å². The predicted molar refractivity (Wildman–Crippen MR) is 133 cm³/mol. The highest BCUT2D eigenvalue weighted by Gasteiger charge is 2.22. The summed E-state index contributed by atoms with van der Waals surface area (Å²) < 4.78 is 24.4. The second kappa shape index (κ2) is 13.7. The Kier molecular flexibility index (Phi) is 12.1. The minimum atomic E-state index is -3.59. The predicted octanol–water partition coefficient (Wildman–Crippen LogP) is 4.31. The quantitative estimate of drug-likeness (QED) is 0.504. The Hall–Kier alpha value is -1.61. The van der Waals surface area contributed by atoms with Gasteiger partial charge in [0.1, 0.15) is 10.0 Å². The molecule has 0 amide bonds. The van der Waals surface area contributed by atoms with Crippen LogP contribution >= 0.6 is 11.8 Å². The van der Waals surface area contributed by atoms with Crippen LogP contribution in [0.3, 0.4) is 0 Å². The van der Waals surface area contributed by atoms with E-state index in [0.29, 0.717) is 6.54 Å². The lowest BCUT2D eigenvalue weighted by Crippen LogP contribution is -2.28. The van der Waals surface area contributed by atoms with Crippen LogP contribution in [0.4, 0.5) is 5.69 Å². The molecule has 2 rings (SSSR count). The summed E-state index contributed by atoms with van der Waals surface area (Å²) in [6.07, 6.45) is 5.45. The second-order valence-corrected chi connectivity index (χ2v) is 10.8. The smallest absolute Gasteiger partial charge is 0.246 e. The van der Waals surface area contributed by atoms with Crippen LogP contribution < -0.4 is 15.4 Å². The Morgan fingerprint density at radius 2 is 2.13 bits per heavy atom. The van der Waals surface area contributed by atoms with E-state index < -0.39 is 10.0 Å². The molecule has 0 saturated carbocycles. The summed E-state index contributed by atoms with van der Waals surface area (Å²) in [5, 5.41) is 1.36. The van der Waals surface area contributed by atoms with Gasteiger partial charge >= 0.3 is 0 Å². The fourth-order valence-corrected chi connectivity index (χ4v) is 4.96. The first-order chi connectivity index (χ1) is 14.6. The van der Waals surface area contributed by atoms with Crippen LogP contribution in [0.15, 0.2) is 41.0 Å². The lowest BCUT2D eigenvalue weighted by Gasteiger charge is -2.20. The van der Waals surface area contributed by atoms with Gasteiger partial charge in [-0.15, -0.1) is 0 Å². The summed E-state index contributed by atoms with van der Waals surface area (Å²) in [7, 11) is -3.59. The summed E-state index contributed by atoms with van der Waals surface area (Å²) in [5.74, 6) is 0.652. The number of hydrogen-bond donors (Lipinski definition) is 2. The van der Waals surface area contributed by atoms with Crippen molar-refractivity contribution in [3.05, 3.63) is 52.1 Å². The molecule has 1 fully saturated rings. The topological polar surface area (TPSA) is 92.5 Å². The van der Waals surface area contributed by atoms with E-state index in [1.54, 1.807) is 0 Å². The van der Waals surface area contributed by atoms with Gasteiger partial charge in [0.05, 0.1) is 6.54 Å². The summed E-state index contributed by atoms with van der Waals surface area (Å²) in [6, 6.07) is 6.71. The zero-order valence-corrected chi connectivity index (χ0v) is 20.7. The first-order valence-corrected chi connectivity index (χ1v) is 13.0. The van der Waals surface area contributed by atoms with Gasteiger partial charge < -0.3 is 10.6 Å². The molecule has 1 atom stereocenters. The Balaban J connectivity index is 0.000000330. The van der Waals surface area contributed by atoms with Crippen LogP contribution in [0.25, 0.3) is 0 Å². The van der Waals surface area contributed by atoms with Crippen molar-refractivity contribution in [2.75, 3.05) is 24.5 Å². The number of aryl methyl sites for hydroxylation is 1. The monoisotopic (exact) mass is 467 g/mol. The van der Waals surface area contributed by atoms with Crippen molar-refractivity contribution < 1.29 is 13.2 Å². The summed E-state index contributed by atoms with van der Waals surface area (Å²) in [4.78, 5) is 13.0. The number of nitrogens with zero attached hydrogens (tertiary/aromatic N) is 1. The number of rotatable bonds is 11. The van der Waals surface area contributed by atoms with Gasteiger partial charge in [0.2, 0.25) is 10.0 Å². The molecule has 1 aromatic rings. The first-order valence-electron chi connectivity index (χ1n) is 10.6. The van der Waals surface area contributed by atoms with Gasteiger partial charge in [0.25, 0.3) is 0 Å². The van der Waals surface area contributed by atoms with Crippen LogP contribution in [0.5, 0.6) is 0 Å². The van der Waals surface area contributed by atoms with Crippen molar-refractivity contribution in [2.45, 2.75) is 53.0 Å². The molecule has 0 unspecified atom stereocenters. The third-order valence-electron chi connectivity index (χ3n) is 5.19. The van der Waals surface area contributed by atoms with Gasteiger partial charge in [0, 0.05) is 25.3 Å². The number of nitrogens with two attached hydrogens (primary N) is 1. The minimum Gasteiger partial charge on any atom is -0.371 e. The van der Waals surface area contributed by atoms with Crippen molar-refractivity contribution in [2.24, 2.45) is 11.7 Å². The largest absolute Gasteiger partial charge is 0.371 e. The zero-order chi connectivity index (χ0) is 23.4. The number of ketones is 1. The van der Waals surface area contributed by atoms with Crippen LogP contribution in [0.1, 0.15) is 50.7 Å². The summed E-state index contributed by atoms with van der Waals surface area (Å²) in [6.45, 7) is 15.3. The van der Waals surface area contributed by atoms with Gasteiger partial charge in [-0.2, -0.15) is 0 Å². The zero-order valence-electron chi connectivity index (χ0n) is 19.0. The van der Waals surface area contributed by atoms with E-state index in [1.807, 2.05) is 0 Å². The van der Waals surface area contributed by atoms with E-state index in [4.69, 9.17) is 5.73 Å². The average molecular weight is 468 g/mol. The van der Waals surface area contributed by atoms with E-state index >= 15 is 0 Å². The summed E-state index contributed by atoms with van der Waals surface area (Å²) in [5.41, 5.74) is 9.69. The van der Waals surface area contributed by atoms with Crippen LogP contribution in [-0.2, 0) is 21.4 Å². The Labute approximate surface area is 192 Å². The van der Waals surface area contributed by atoms with Gasteiger partial charge in [-0.1, -0.05) is 50.8 Å². The number of sulfonamides is 1. The van der Waals surface area contributed by atoms with E-state index in [0.717, 1.165) is 17.7 Å². The van der Waals surface area contributed by atoms with Gasteiger partial charge in [0.15, 0.2) is 0 Å². The molecule has 31 heavy (non-hydrogen) atoms. The summed E-state index contributed by atoms with van der Waals surface area (Å²) >= 11 is 0.898. The molecular weight excluding hydrogens is 430 g/mol. The molecule has 1 aliphatic heterocycles. The molecule has 1 heterocycles. The number of carbonyl (C=O) groups is 1. The lowest BCUT2D eigenvalue weighted by atomic mass is 10.0. The Morgan fingerprint density at radius 3 is 2.68 bits per heavy atom. The fraction of sp³-hybridized carbons (Fsp3) is 0.522. The second-order valence-electron chi connectivity index (χ2n) is 7.74. The van der Waals surface area contributed by atoms with Gasteiger partial charge in [-0.25, -0.2) is 13.1 Å². The number of benzene rings is 1. The standard InChI is InChI=1S/C16H26N2.C7H11NO3S2/c1-3-4-5-14-8-9-18(12-14)16-7-6-15(11-17)13(2)10-16;1-4-12-7(3)13(10,11)8-5-6(2)9/h6-7,10,14H,3-5,8-9,11-12,17H2,1-2H3;4,8H,1,3,5H2,2H3/t14-;/m1./s1. The molecule has 1 aliphatic rings. The molecule has 1 aromatic carbocycles. The van der Waals surface area contributed by atoms with Crippen molar-refractivity contribution in [1.29, 1.82) is 0 Å². The molecule has 0 bridgehead atoms. The highest BCUT2D eigenvalue weighted by atomic mass is 32.3. The number of anilines is 1. The number of unbranched alkanes of at least 4 members (excludes halogenated alkanes) is 1. The molecule has 174 valence electrons. The molecule has 1 saturated heterocycles. The SMILES string of the molecule is C=CSC(=C)S(=O)(=O)NCC(C)=O.CCCC[C@@H]1CCN(c2ccc(CN)c(C)c2)C1. The molecule has 8 heteroatoms. The maximum absolute atomic E-state index is 11.2. The number of thioether (sulfide) groups is 1. The third-order valence-corrected chi connectivity index (χ3v) is 7.69. The first kappa shape index (κ1) is 27.4. The Morgan fingerprint density at radius 1 is 1.42 bits per heavy atom. The number of hydrogen-bond acceptors (Lipinski definition) is 6. The molecule has 0 aromatic heterocycles. The van der Waals surface area contributed by atoms with E-state index in [1.165, 1.54) is 67.9 Å². The maximum Gasteiger partial charge on any atom is 0.246 e. The normalized spacial score (nSPS) is 15.9. The highest BCUT2D eigenvalue weighted by Crippen LogP contribution is 2.28. The van der Waals surface area contributed by atoms with Crippen molar-refractivity contribution in [3.8, 4) is 0 Å². The average Bonchev–Trinajstić information content (AvgIpc) is 3.20. The number of nitrogens with one attached hydrogen (secondary N) is 1. The minimum absolute atomic E-state index is 0.0660. The van der Waals surface area contributed by atoms with E-state index in [-0.39, 0.29) is 16.6 Å². The Bertz CT molecular complexity index is 854. The molecular formula is C23H37N3O3S2. The van der Waals surface area contributed by atoms with E-state index in [2.05, 4.69) is 54.8 Å². The molecule has 3 N–H and O–H groups in total. The van der Waals surface area contributed by atoms with Crippen LogP contribution in [0.2, 0.25) is 0 Å². The molecule has 6 nitrogen and oxygen atoms in total. The maximum atomic E-state index is 11.2. The van der Waals surface area contributed by atoms with Gasteiger partial charge in [-0.3, -0.25) is 4.79 Å². The van der Waals surface area contributed by atoms with Crippen LogP contribution in [-0.4, -0.2) is 33.8 Å². The molecule has 0 radical (unpaired) electrons.